The summed E-state index contributed by atoms with van der Waals surface area (Å²) in [6.07, 6.45) is 4.41. The molecule has 1 amide bonds. The normalized spacial score (nSPS) is 15.6. The van der Waals surface area contributed by atoms with Crippen molar-refractivity contribution in [2.45, 2.75) is 19.9 Å². The third kappa shape index (κ3) is 3.96. The average Bonchev–Trinajstić information content (AvgIpc) is 2.63. The summed E-state index contributed by atoms with van der Waals surface area (Å²) >= 11 is 0. The number of carbonyl (C=O) groups excluding carboxylic acids is 1. The summed E-state index contributed by atoms with van der Waals surface area (Å²) in [5, 5.41) is 0. The van der Waals surface area contributed by atoms with Gasteiger partial charge in [0.15, 0.2) is 0 Å². The molecule has 1 aromatic heterocycles. The van der Waals surface area contributed by atoms with Crippen molar-refractivity contribution in [3.63, 3.8) is 0 Å². The van der Waals surface area contributed by atoms with E-state index < -0.39 is 0 Å². The Hall–Kier alpha value is -2.20. The summed E-state index contributed by atoms with van der Waals surface area (Å²) in [6, 6.07) is 12.5. The molecule has 0 N–H and O–H groups in total. The monoisotopic (exact) mass is 309 g/mol. The molecule has 1 aliphatic heterocycles. The highest BCUT2D eigenvalue weighted by molar-refractivity contribution is 5.93. The number of amides is 1. The van der Waals surface area contributed by atoms with Gasteiger partial charge in [0, 0.05) is 45.1 Å². The van der Waals surface area contributed by atoms with E-state index in [0.717, 1.165) is 39.1 Å². The van der Waals surface area contributed by atoms with Crippen molar-refractivity contribution in [3.05, 3.63) is 65.5 Å². The van der Waals surface area contributed by atoms with E-state index >= 15 is 0 Å². The summed E-state index contributed by atoms with van der Waals surface area (Å²) < 4.78 is 0. The van der Waals surface area contributed by atoms with Crippen LogP contribution in [-0.2, 0) is 13.0 Å². The van der Waals surface area contributed by atoms with Crippen molar-refractivity contribution in [2.75, 3.05) is 26.2 Å². The number of carbonyl (C=O) groups is 1. The molecule has 4 heteroatoms. The molecule has 1 fully saturated rings. The van der Waals surface area contributed by atoms with E-state index in [0.29, 0.717) is 5.56 Å². The van der Waals surface area contributed by atoms with Gasteiger partial charge in [-0.15, -0.1) is 0 Å². The first-order valence-electron chi connectivity index (χ1n) is 8.25. The van der Waals surface area contributed by atoms with Crippen molar-refractivity contribution < 1.29 is 4.79 Å². The minimum absolute atomic E-state index is 0.0880. The van der Waals surface area contributed by atoms with Crippen LogP contribution in [0.2, 0.25) is 0 Å². The van der Waals surface area contributed by atoms with Crippen LogP contribution in [0.5, 0.6) is 0 Å². The van der Waals surface area contributed by atoms with E-state index in [2.05, 4.69) is 41.1 Å². The molecule has 120 valence electrons. The van der Waals surface area contributed by atoms with Crippen LogP contribution >= 0.6 is 0 Å². The lowest BCUT2D eigenvalue weighted by Gasteiger charge is -2.34. The van der Waals surface area contributed by atoms with Crippen LogP contribution in [0.4, 0.5) is 0 Å². The highest BCUT2D eigenvalue weighted by atomic mass is 16.2. The van der Waals surface area contributed by atoms with Crippen molar-refractivity contribution in [2.24, 2.45) is 0 Å². The molecule has 0 atom stereocenters. The second-order valence-electron chi connectivity index (χ2n) is 5.98. The van der Waals surface area contributed by atoms with Crippen LogP contribution in [0.3, 0.4) is 0 Å². The predicted molar refractivity (Wildman–Crippen MR) is 91.2 cm³/mol. The Labute approximate surface area is 137 Å². The van der Waals surface area contributed by atoms with E-state index in [9.17, 15) is 4.79 Å². The first kappa shape index (κ1) is 15.7. The molecule has 2 aromatic rings. The Morgan fingerprint density at radius 1 is 1.04 bits per heavy atom. The molecule has 0 saturated carbocycles. The number of aryl methyl sites for hydroxylation is 1. The molecule has 0 radical (unpaired) electrons. The lowest BCUT2D eigenvalue weighted by molar-refractivity contribution is 0.0628. The molecule has 4 nitrogen and oxygen atoms in total. The highest BCUT2D eigenvalue weighted by Crippen LogP contribution is 2.12. The molecule has 23 heavy (non-hydrogen) atoms. The van der Waals surface area contributed by atoms with Crippen LogP contribution in [0.1, 0.15) is 28.4 Å². The first-order valence-corrected chi connectivity index (χ1v) is 8.25. The molecule has 1 aliphatic rings. The molecule has 1 aromatic carbocycles. The summed E-state index contributed by atoms with van der Waals surface area (Å²) in [5.41, 5.74) is 3.39. The fraction of sp³-hybridized carbons (Fsp3) is 0.368. The number of piperazine rings is 1. The third-order valence-corrected chi connectivity index (χ3v) is 4.41. The SMILES string of the molecule is CCc1ccc(CN2CCN(C(=O)c3cccnc3)CC2)cc1. The van der Waals surface area contributed by atoms with Gasteiger partial charge in [-0.05, 0) is 29.7 Å². The number of pyridine rings is 1. The second kappa shape index (κ2) is 7.38. The molecular weight excluding hydrogens is 286 g/mol. The van der Waals surface area contributed by atoms with E-state index in [1.807, 2.05) is 17.0 Å². The van der Waals surface area contributed by atoms with Gasteiger partial charge in [-0.3, -0.25) is 14.7 Å². The number of rotatable bonds is 4. The van der Waals surface area contributed by atoms with Gasteiger partial charge in [-0.2, -0.15) is 0 Å². The number of hydrogen-bond donors (Lipinski definition) is 0. The van der Waals surface area contributed by atoms with Gasteiger partial charge in [-0.1, -0.05) is 31.2 Å². The minimum Gasteiger partial charge on any atom is -0.336 e. The zero-order valence-electron chi connectivity index (χ0n) is 13.6. The number of hydrogen-bond acceptors (Lipinski definition) is 3. The molecule has 3 rings (SSSR count). The summed E-state index contributed by atoms with van der Waals surface area (Å²) in [6.45, 7) is 6.52. The first-order chi connectivity index (χ1) is 11.3. The lowest BCUT2D eigenvalue weighted by atomic mass is 10.1. The van der Waals surface area contributed by atoms with Gasteiger partial charge in [0.2, 0.25) is 0 Å². The van der Waals surface area contributed by atoms with Gasteiger partial charge >= 0.3 is 0 Å². The van der Waals surface area contributed by atoms with Crippen molar-refractivity contribution in [1.82, 2.24) is 14.8 Å². The van der Waals surface area contributed by atoms with Crippen molar-refractivity contribution in [1.29, 1.82) is 0 Å². The fourth-order valence-corrected chi connectivity index (χ4v) is 2.92. The molecule has 0 bridgehead atoms. The zero-order valence-corrected chi connectivity index (χ0v) is 13.6. The van der Waals surface area contributed by atoms with Gasteiger partial charge in [0.05, 0.1) is 5.56 Å². The molecular formula is C19H23N3O. The van der Waals surface area contributed by atoms with E-state index in [1.54, 1.807) is 12.4 Å². The Kier molecular flexibility index (Phi) is 5.03. The predicted octanol–water partition coefficient (Wildman–Crippen LogP) is 2.60. The number of nitrogens with zero attached hydrogens (tertiary/aromatic N) is 3. The summed E-state index contributed by atoms with van der Waals surface area (Å²) in [4.78, 5) is 20.8. The van der Waals surface area contributed by atoms with Gasteiger partial charge in [0.1, 0.15) is 0 Å². The fourth-order valence-electron chi connectivity index (χ4n) is 2.92. The van der Waals surface area contributed by atoms with Crippen molar-refractivity contribution >= 4 is 5.91 Å². The van der Waals surface area contributed by atoms with E-state index in [4.69, 9.17) is 0 Å². The Morgan fingerprint density at radius 3 is 2.35 bits per heavy atom. The quantitative estimate of drug-likeness (QED) is 0.871. The van der Waals surface area contributed by atoms with Crippen molar-refractivity contribution in [3.8, 4) is 0 Å². The van der Waals surface area contributed by atoms with Crippen LogP contribution in [0.15, 0.2) is 48.8 Å². The van der Waals surface area contributed by atoms with Gasteiger partial charge in [0.25, 0.3) is 5.91 Å². The molecule has 1 saturated heterocycles. The van der Waals surface area contributed by atoms with E-state index in [-0.39, 0.29) is 5.91 Å². The topological polar surface area (TPSA) is 36.4 Å². The third-order valence-electron chi connectivity index (χ3n) is 4.41. The Bertz CT molecular complexity index is 631. The second-order valence-corrected chi connectivity index (χ2v) is 5.98. The molecule has 2 heterocycles. The summed E-state index contributed by atoms with van der Waals surface area (Å²) in [7, 11) is 0. The Morgan fingerprint density at radius 2 is 1.74 bits per heavy atom. The smallest absolute Gasteiger partial charge is 0.255 e. The number of benzene rings is 1. The van der Waals surface area contributed by atoms with Gasteiger partial charge < -0.3 is 4.90 Å². The number of aromatic nitrogens is 1. The maximum atomic E-state index is 12.4. The van der Waals surface area contributed by atoms with Crippen LogP contribution < -0.4 is 0 Å². The van der Waals surface area contributed by atoms with Crippen LogP contribution in [0.25, 0.3) is 0 Å². The van der Waals surface area contributed by atoms with Crippen LogP contribution in [0, 0.1) is 0 Å². The molecule has 0 spiro atoms. The standard InChI is InChI=1S/C19H23N3O/c1-2-16-5-7-17(8-6-16)15-21-10-12-22(13-11-21)19(23)18-4-3-9-20-14-18/h3-9,14H,2,10-13,15H2,1H3. The van der Waals surface area contributed by atoms with E-state index in [1.165, 1.54) is 11.1 Å². The summed E-state index contributed by atoms with van der Waals surface area (Å²) in [5.74, 6) is 0.0880. The van der Waals surface area contributed by atoms with Crippen LogP contribution in [-0.4, -0.2) is 46.9 Å². The maximum Gasteiger partial charge on any atom is 0.255 e. The Balaban J connectivity index is 1.53. The van der Waals surface area contributed by atoms with Gasteiger partial charge in [-0.25, -0.2) is 0 Å². The average molecular weight is 309 g/mol. The minimum atomic E-state index is 0.0880. The maximum absolute atomic E-state index is 12.4. The lowest BCUT2D eigenvalue weighted by Crippen LogP contribution is -2.48. The molecule has 0 aliphatic carbocycles. The highest BCUT2D eigenvalue weighted by Gasteiger charge is 2.22. The zero-order chi connectivity index (χ0) is 16.1. The molecule has 0 unspecified atom stereocenters. The largest absolute Gasteiger partial charge is 0.336 e.